The number of allylic oxidation sites excluding steroid dienone is 1. The second-order valence-corrected chi connectivity index (χ2v) is 3.79. The van der Waals surface area contributed by atoms with E-state index in [1.807, 2.05) is 12.3 Å². The maximum Gasteiger partial charge on any atom is 0.260 e. The number of hydrogen-bond donors (Lipinski definition) is 3. The van der Waals surface area contributed by atoms with Gasteiger partial charge in [0.1, 0.15) is 4.88 Å². The van der Waals surface area contributed by atoms with Crippen LogP contribution in [0.25, 0.3) is 0 Å². The standard InChI is InChI=1S/C8H9N3OS/c9-5-4-2-1-3-11-8(4)13-6(5)7(10)12/h1,3,11H,2,9H2,(H2,10,12). The summed E-state index contributed by atoms with van der Waals surface area (Å²) >= 11 is 1.31. The zero-order valence-corrected chi connectivity index (χ0v) is 7.65. The molecule has 0 saturated carbocycles. The molecular weight excluding hydrogens is 186 g/mol. The molecule has 68 valence electrons. The minimum absolute atomic E-state index is 0.446. The number of primary amides is 1. The number of carbonyl (C=O) groups is 1. The van der Waals surface area contributed by atoms with Gasteiger partial charge in [0.05, 0.1) is 10.7 Å². The fourth-order valence-electron chi connectivity index (χ4n) is 1.29. The Morgan fingerprint density at radius 1 is 1.62 bits per heavy atom. The van der Waals surface area contributed by atoms with Gasteiger partial charge in [-0.3, -0.25) is 4.79 Å². The SMILES string of the molecule is NC(=O)c1sc2c(c1N)CC=CN2. The predicted octanol–water partition coefficient (Wildman–Crippen LogP) is 0.911. The lowest BCUT2D eigenvalue weighted by molar-refractivity contribution is 0.100. The van der Waals surface area contributed by atoms with Gasteiger partial charge in [0.25, 0.3) is 5.91 Å². The molecule has 5 heteroatoms. The van der Waals surface area contributed by atoms with Crippen LogP contribution in [0.4, 0.5) is 10.7 Å². The topological polar surface area (TPSA) is 81.1 Å². The number of nitrogens with two attached hydrogens (primary N) is 2. The average molecular weight is 195 g/mol. The number of amides is 1. The van der Waals surface area contributed by atoms with Crippen LogP contribution in [0.2, 0.25) is 0 Å². The minimum atomic E-state index is -0.460. The van der Waals surface area contributed by atoms with E-state index in [0.29, 0.717) is 10.6 Å². The molecule has 0 atom stereocenters. The van der Waals surface area contributed by atoms with Gasteiger partial charge < -0.3 is 16.8 Å². The molecule has 0 saturated heterocycles. The molecule has 5 N–H and O–H groups in total. The number of nitrogens with one attached hydrogen (secondary N) is 1. The van der Waals surface area contributed by atoms with Crippen molar-refractivity contribution in [3.05, 3.63) is 22.7 Å². The molecule has 0 radical (unpaired) electrons. The van der Waals surface area contributed by atoms with E-state index in [2.05, 4.69) is 5.32 Å². The van der Waals surface area contributed by atoms with E-state index in [9.17, 15) is 4.79 Å². The highest BCUT2D eigenvalue weighted by Gasteiger charge is 2.19. The maximum atomic E-state index is 10.9. The first kappa shape index (κ1) is 8.12. The zero-order chi connectivity index (χ0) is 9.42. The highest BCUT2D eigenvalue weighted by atomic mass is 32.1. The zero-order valence-electron chi connectivity index (χ0n) is 6.83. The summed E-state index contributed by atoms with van der Waals surface area (Å²) in [4.78, 5) is 11.4. The molecule has 1 aliphatic heterocycles. The number of hydrogen-bond acceptors (Lipinski definition) is 4. The fourth-order valence-corrected chi connectivity index (χ4v) is 2.27. The normalized spacial score (nSPS) is 13.5. The number of anilines is 2. The summed E-state index contributed by atoms with van der Waals surface area (Å²) in [6, 6.07) is 0. The Morgan fingerprint density at radius 3 is 3.00 bits per heavy atom. The van der Waals surface area contributed by atoms with Crippen molar-refractivity contribution < 1.29 is 4.79 Å². The van der Waals surface area contributed by atoms with Gasteiger partial charge in [-0.25, -0.2) is 0 Å². The van der Waals surface area contributed by atoms with E-state index in [1.54, 1.807) is 0 Å². The third kappa shape index (κ3) is 1.17. The van der Waals surface area contributed by atoms with Crippen molar-refractivity contribution in [2.24, 2.45) is 5.73 Å². The molecule has 0 aromatic carbocycles. The maximum absolute atomic E-state index is 10.9. The molecule has 2 heterocycles. The molecule has 1 amide bonds. The van der Waals surface area contributed by atoms with Crippen molar-refractivity contribution in [3.63, 3.8) is 0 Å². The highest BCUT2D eigenvalue weighted by Crippen LogP contribution is 2.37. The molecule has 13 heavy (non-hydrogen) atoms. The van der Waals surface area contributed by atoms with Crippen LogP contribution in [0.15, 0.2) is 12.3 Å². The van der Waals surface area contributed by atoms with Gasteiger partial charge in [0.2, 0.25) is 0 Å². The van der Waals surface area contributed by atoms with Crippen LogP contribution in [0.1, 0.15) is 15.2 Å². The van der Waals surface area contributed by atoms with Crippen LogP contribution >= 0.6 is 11.3 Å². The van der Waals surface area contributed by atoms with Gasteiger partial charge in [0.15, 0.2) is 0 Å². The molecule has 2 rings (SSSR count). The fraction of sp³-hybridized carbons (Fsp3) is 0.125. The molecule has 0 spiro atoms. The molecule has 0 aliphatic carbocycles. The van der Waals surface area contributed by atoms with Crippen LogP contribution in [-0.2, 0) is 6.42 Å². The van der Waals surface area contributed by atoms with E-state index < -0.39 is 5.91 Å². The Morgan fingerprint density at radius 2 is 2.38 bits per heavy atom. The van der Waals surface area contributed by atoms with Crippen LogP contribution in [0, 0.1) is 0 Å². The third-order valence-corrected chi connectivity index (χ3v) is 3.12. The van der Waals surface area contributed by atoms with E-state index in [4.69, 9.17) is 11.5 Å². The quantitative estimate of drug-likeness (QED) is 0.623. The first-order valence-corrected chi connectivity index (χ1v) is 4.64. The molecular formula is C8H9N3OS. The van der Waals surface area contributed by atoms with Gasteiger partial charge in [-0.1, -0.05) is 6.08 Å². The summed E-state index contributed by atoms with van der Waals surface area (Å²) < 4.78 is 0. The summed E-state index contributed by atoms with van der Waals surface area (Å²) in [5, 5.41) is 3.95. The Balaban J connectivity index is 2.53. The summed E-state index contributed by atoms with van der Waals surface area (Å²) in [5.74, 6) is -0.460. The van der Waals surface area contributed by atoms with Crippen molar-refractivity contribution >= 4 is 27.9 Å². The second-order valence-electron chi connectivity index (χ2n) is 2.77. The molecule has 1 aromatic rings. The third-order valence-electron chi connectivity index (χ3n) is 1.93. The Bertz CT molecular complexity index is 394. The smallest absolute Gasteiger partial charge is 0.260 e. The number of fused-ring (bicyclic) bond motifs is 1. The van der Waals surface area contributed by atoms with Crippen molar-refractivity contribution in [3.8, 4) is 0 Å². The monoisotopic (exact) mass is 195 g/mol. The Kier molecular flexibility index (Phi) is 1.73. The highest BCUT2D eigenvalue weighted by molar-refractivity contribution is 7.18. The Hall–Kier alpha value is -1.49. The van der Waals surface area contributed by atoms with E-state index in [-0.39, 0.29) is 0 Å². The number of carbonyl (C=O) groups excluding carboxylic acids is 1. The lowest BCUT2D eigenvalue weighted by Crippen LogP contribution is -2.11. The first-order valence-electron chi connectivity index (χ1n) is 3.82. The van der Waals surface area contributed by atoms with Crippen LogP contribution in [0.3, 0.4) is 0 Å². The van der Waals surface area contributed by atoms with E-state index in [1.165, 1.54) is 11.3 Å². The lowest BCUT2D eigenvalue weighted by atomic mass is 10.1. The average Bonchev–Trinajstić information content (AvgIpc) is 2.45. The van der Waals surface area contributed by atoms with Gasteiger partial charge in [-0.05, 0) is 12.6 Å². The van der Waals surface area contributed by atoms with Crippen molar-refractivity contribution in [2.45, 2.75) is 6.42 Å². The first-order chi connectivity index (χ1) is 6.20. The van der Waals surface area contributed by atoms with Gasteiger partial charge in [0, 0.05) is 5.56 Å². The van der Waals surface area contributed by atoms with Crippen molar-refractivity contribution in [1.29, 1.82) is 0 Å². The van der Waals surface area contributed by atoms with Crippen molar-refractivity contribution in [1.82, 2.24) is 0 Å². The molecule has 1 aromatic heterocycles. The number of thiophene rings is 1. The lowest BCUT2D eigenvalue weighted by Gasteiger charge is -2.06. The summed E-state index contributed by atoms with van der Waals surface area (Å²) in [6.45, 7) is 0. The van der Waals surface area contributed by atoms with Crippen LogP contribution in [-0.4, -0.2) is 5.91 Å². The van der Waals surface area contributed by atoms with Gasteiger partial charge in [-0.2, -0.15) is 0 Å². The molecule has 0 bridgehead atoms. The van der Waals surface area contributed by atoms with E-state index in [0.717, 1.165) is 17.0 Å². The Labute approximate surface area is 79.2 Å². The molecule has 0 unspecified atom stereocenters. The molecule has 0 fully saturated rings. The minimum Gasteiger partial charge on any atom is -0.397 e. The van der Waals surface area contributed by atoms with Crippen LogP contribution in [0.5, 0.6) is 0 Å². The van der Waals surface area contributed by atoms with Gasteiger partial charge in [-0.15, -0.1) is 11.3 Å². The molecule has 4 nitrogen and oxygen atoms in total. The second kappa shape index (κ2) is 2.77. The largest absolute Gasteiger partial charge is 0.397 e. The number of nitrogen functional groups attached to an aromatic ring is 1. The molecule has 1 aliphatic rings. The summed E-state index contributed by atoms with van der Waals surface area (Å²) in [6.07, 6.45) is 4.55. The van der Waals surface area contributed by atoms with Crippen molar-refractivity contribution in [2.75, 3.05) is 11.1 Å². The predicted molar refractivity (Wildman–Crippen MR) is 53.7 cm³/mol. The summed E-state index contributed by atoms with van der Waals surface area (Å²) in [7, 11) is 0. The number of rotatable bonds is 1. The van der Waals surface area contributed by atoms with Gasteiger partial charge >= 0.3 is 0 Å². The van der Waals surface area contributed by atoms with E-state index >= 15 is 0 Å². The van der Waals surface area contributed by atoms with Crippen LogP contribution < -0.4 is 16.8 Å². The summed E-state index contributed by atoms with van der Waals surface area (Å²) in [5.41, 5.74) is 12.4.